The Kier molecular flexibility index (Phi) is 12.6. The first kappa shape index (κ1) is 22.5. The highest BCUT2D eigenvalue weighted by atomic mass is 35.5. The van der Waals surface area contributed by atoms with Crippen LogP contribution in [-0.2, 0) is 4.79 Å². The second-order valence-electron chi connectivity index (χ2n) is 4.78. The molecule has 1 amide bonds. The van der Waals surface area contributed by atoms with Crippen molar-refractivity contribution >= 4 is 30.7 Å². The predicted octanol–water partition coefficient (Wildman–Crippen LogP) is 2.38. The van der Waals surface area contributed by atoms with Gasteiger partial charge in [0, 0.05) is 12.6 Å². The summed E-state index contributed by atoms with van der Waals surface area (Å²) in [6.45, 7) is 9.07. The summed E-state index contributed by atoms with van der Waals surface area (Å²) in [4.78, 5) is 14.3. The van der Waals surface area contributed by atoms with E-state index in [1.54, 1.807) is 0 Å². The van der Waals surface area contributed by atoms with Gasteiger partial charge in [0.05, 0.1) is 0 Å². The number of hydrogen-bond donors (Lipinski definition) is 2. The van der Waals surface area contributed by atoms with E-state index in [-0.39, 0.29) is 36.8 Å². The number of nitrogens with two attached hydrogens (primary N) is 1. The quantitative estimate of drug-likeness (QED) is 0.804. The molecule has 0 heterocycles. The van der Waals surface area contributed by atoms with E-state index in [4.69, 9.17) is 5.73 Å². The van der Waals surface area contributed by atoms with Crippen LogP contribution in [0.4, 0.5) is 0 Å². The summed E-state index contributed by atoms with van der Waals surface area (Å²) < 4.78 is 0. The lowest BCUT2D eigenvalue weighted by Crippen LogP contribution is -2.45. The lowest BCUT2D eigenvalue weighted by molar-refractivity contribution is -0.123. The van der Waals surface area contributed by atoms with Crippen LogP contribution in [-0.4, -0.2) is 36.5 Å². The minimum Gasteiger partial charge on any atom is -0.351 e. The molecule has 122 valence electrons. The summed E-state index contributed by atoms with van der Waals surface area (Å²) in [6.07, 6.45) is 0. The first-order chi connectivity index (χ1) is 9.08. The van der Waals surface area contributed by atoms with Gasteiger partial charge in [-0.15, -0.1) is 24.8 Å². The molecule has 0 aliphatic rings. The van der Waals surface area contributed by atoms with Gasteiger partial charge in [-0.2, -0.15) is 0 Å². The Labute approximate surface area is 140 Å². The molecular formula is C15H27Cl2N3O. The summed E-state index contributed by atoms with van der Waals surface area (Å²) in [6, 6.07) is 8.95. The van der Waals surface area contributed by atoms with Crippen LogP contribution in [0.15, 0.2) is 30.3 Å². The summed E-state index contributed by atoms with van der Waals surface area (Å²) >= 11 is 0. The number of rotatable bonds is 7. The molecule has 1 aromatic carbocycles. The van der Waals surface area contributed by atoms with Crippen molar-refractivity contribution in [2.75, 3.05) is 19.6 Å². The van der Waals surface area contributed by atoms with Gasteiger partial charge >= 0.3 is 0 Å². The number of nitrogens with zero attached hydrogens (tertiary/aromatic N) is 1. The number of amides is 1. The molecule has 6 heteroatoms. The molecule has 0 fully saturated rings. The number of likely N-dealkylation sites (N-methyl/N-ethyl adjacent to an activating group) is 1. The van der Waals surface area contributed by atoms with Crippen molar-refractivity contribution in [3.63, 3.8) is 0 Å². The Hall–Kier alpha value is -0.810. The van der Waals surface area contributed by atoms with Crippen LogP contribution < -0.4 is 11.1 Å². The molecule has 0 saturated heterocycles. The predicted molar refractivity (Wildman–Crippen MR) is 93.3 cm³/mol. The molecule has 0 aromatic heterocycles. The zero-order valence-electron chi connectivity index (χ0n) is 12.9. The normalized spacial score (nSPS) is 12.8. The van der Waals surface area contributed by atoms with Gasteiger partial charge in [0.1, 0.15) is 6.04 Å². The van der Waals surface area contributed by atoms with Crippen LogP contribution in [0.2, 0.25) is 0 Å². The Morgan fingerprint density at radius 2 is 1.71 bits per heavy atom. The third kappa shape index (κ3) is 7.67. The number of nitrogens with one attached hydrogen (secondary N) is 1. The number of hydrogen-bond acceptors (Lipinski definition) is 3. The Morgan fingerprint density at radius 1 is 1.19 bits per heavy atom. The average molecular weight is 336 g/mol. The van der Waals surface area contributed by atoms with Crippen LogP contribution in [0.3, 0.4) is 0 Å². The van der Waals surface area contributed by atoms with Crippen molar-refractivity contribution < 1.29 is 4.79 Å². The van der Waals surface area contributed by atoms with E-state index in [0.29, 0.717) is 0 Å². The maximum absolute atomic E-state index is 12.1. The fourth-order valence-corrected chi connectivity index (χ4v) is 2.06. The lowest BCUT2D eigenvalue weighted by atomic mass is 10.1. The minimum atomic E-state index is -0.597. The summed E-state index contributed by atoms with van der Waals surface area (Å²) in [7, 11) is 0. The summed E-state index contributed by atoms with van der Waals surface area (Å²) in [5.41, 5.74) is 6.80. The SMILES string of the molecule is CCN(CC)CC(C)NC(=O)C(N)c1ccccc1.Cl.Cl. The molecule has 4 nitrogen and oxygen atoms in total. The van der Waals surface area contributed by atoms with Gasteiger partial charge in [-0.3, -0.25) is 4.79 Å². The minimum absolute atomic E-state index is 0. The van der Waals surface area contributed by atoms with E-state index >= 15 is 0 Å². The highest BCUT2D eigenvalue weighted by Crippen LogP contribution is 2.09. The average Bonchev–Trinajstić information content (AvgIpc) is 2.44. The van der Waals surface area contributed by atoms with Crippen molar-refractivity contribution in [1.82, 2.24) is 10.2 Å². The molecule has 3 N–H and O–H groups in total. The van der Waals surface area contributed by atoms with Crippen LogP contribution in [0, 0.1) is 0 Å². The monoisotopic (exact) mass is 335 g/mol. The van der Waals surface area contributed by atoms with Crippen molar-refractivity contribution in [3.8, 4) is 0 Å². The molecule has 21 heavy (non-hydrogen) atoms. The van der Waals surface area contributed by atoms with E-state index < -0.39 is 6.04 Å². The number of carbonyl (C=O) groups is 1. The van der Waals surface area contributed by atoms with Crippen molar-refractivity contribution in [3.05, 3.63) is 35.9 Å². The summed E-state index contributed by atoms with van der Waals surface area (Å²) in [5, 5.41) is 2.97. The van der Waals surface area contributed by atoms with Crippen molar-refractivity contribution in [2.45, 2.75) is 32.9 Å². The third-order valence-electron chi connectivity index (χ3n) is 3.26. The number of benzene rings is 1. The first-order valence-electron chi connectivity index (χ1n) is 6.91. The van der Waals surface area contributed by atoms with Crippen LogP contribution in [0.5, 0.6) is 0 Å². The van der Waals surface area contributed by atoms with Crippen molar-refractivity contribution in [1.29, 1.82) is 0 Å². The van der Waals surface area contributed by atoms with E-state index in [2.05, 4.69) is 24.1 Å². The van der Waals surface area contributed by atoms with E-state index in [1.807, 2.05) is 37.3 Å². The summed E-state index contributed by atoms with van der Waals surface area (Å²) in [5.74, 6) is -0.120. The van der Waals surface area contributed by atoms with Gasteiger partial charge in [0.25, 0.3) is 0 Å². The molecule has 0 aliphatic carbocycles. The Bertz CT molecular complexity index is 386. The van der Waals surface area contributed by atoms with Gasteiger partial charge < -0.3 is 16.0 Å². The third-order valence-corrected chi connectivity index (χ3v) is 3.26. The van der Waals surface area contributed by atoms with Crippen LogP contribution in [0.25, 0.3) is 0 Å². The molecule has 0 radical (unpaired) electrons. The smallest absolute Gasteiger partial charge is 0.241 e. The molecule has 2 unspecified atom stereocenters. The van der Waals surface area contributed by atoms with Crippen LogP contribution in [0.1, 0.15) is 32.4 Å². The molecular weight excluding hydrogens is 309 g/mol. The molecule has 0 saturated carbocycles. The molecule has 0 bridgehead atoms. The highest BCUT2D eigenvalue weighted by molar-refractivity contribution is 5.85. The lowest BCUT2D eigenvalue weighted by Gasteiger charge is -2.24. The maximum atomic E-state index is 12.1. The molecule has 1 aromatic rings. The van der Waals surface area contributed by atoms with Gasteiger partial charge in [-0.25, -0.2) is 0 Å². The topological polar surface area (TPSA) is 58.4 Å². The zero-order chi connectivity index (χ0) is 14.3. The van der Waals surface area contributed by atoms with Gasteiger partial charge in [-0.1, -0.05) is 44.2 Å². The largest absolute Gasteiger partial charge is 0.351 e. The van der Waals surface area contributed by atoms with E-state index in [1.165, 1.54) is 0 Å². The second-order valence-corrected chi connectivity index (χ2v) is 4.78. The molecule has 2 atom stereocenters. The zero-order valence-corrected chi connectivity index (χ0v) is 14.5. The molecule has 0 spiro atoms. The Morgan fingerprint density at radius 3 is 2.19 bits per heavy atom. The highest BCUT2D eigenvalue weighted by Gasteiger charge is 2.18. The maximum Gasteiger partial charge on any atom is 0.241 e. The van der Waals surface area contributed by atoms with Crippen LogP contribution >= 0.6 is 24.8 Å². The number of halogens is 2. The standard InChI is InChI=1S/C15H25N3O.2ClH/c1-4-18(5-2)11-12(3)17-15(19)14(16)13-9-7-6-8-10-13;;/h6-10,12,14H,4-5,11,16H2,1-3H3,(H,17,19);2*1H. The fraction of sp³-hybridized carbons (Fsp3) is 0.533. The second kappa shape index (κ2) is 11.8. The Balaban J connectivity index is 0. The van der Waals surface area contributed by atoms with Gasteiger partial charge in [0.2, 0.25) is 5.91 Å². The van der Waals surface area contributed by atoms with Gasteiger partial charge in [-0.05, 0) is 25.6 Å². The van der Waals surface area contributed by atoms with E-state index in [0.717, 1.165) is 25.2 Å². The number of carbonyl (C=O) groups excluding carboxylic acids is 1. The van der Waals surface area contributed by atoms with Crippen molar-refractivity contribution in [2.24, 2.45) is 5.73 Å². The fourth-order valence-electron chi connectivity index (χ4n) is 2.06. The first-order valence-corrected chi connectivity index (χ1v) is 6.91. The molecule has 0 aliphatic heterocycles. The van der Waals surface area contributed by atoms with E-state index in [9.17, 15) is 4.79 Å². The van der Waals surface area contributed by atoms with Gasteiger partial charge in [0.15, 0.2) is 0 Å². The molecule has 1 rings (SSSR count).